The zero-order chi connectivity index (χ0) is 9.26. The molecule has 1 aromatic carbocycles. The molecule has 0 aliphatic carbocycles. The fraction of sp³-hybridized carbons (Fsp3) is 0.300. The molecule has 2 rings (SSSR count). The maximum Gasteiger partial charge on any atom is 0.181 e. The van der Waals surface area contributed by atoms with E-state index >= 15 is 0 Å². The van der Waals surface area contributed by atoms with Gasteiger partial charge in [0.05, 0.1) is 0 Å². The first-order valence-electron chi connectivity index (χ1n) is 4.33. The molecule has 0 saturated carbocycles. The topological polar surface area (TPSA) is 52.0 Å². The maximum atomic E-state index is 5.70. The quantitative estimate of drug-likeness (QED) is 0.757. The van der Waals surface area contributed by atoms with Crippen molar-refractivity contribution in [3.63, 3.8) is 0 Å². The molecule has 1 heterocycles. The zero-order valence-electron chi connectivity index (χ0n) is 7.53. The zero-order valence-corrected chi connectivity index (χ0v) is 7.53. The monoisotopic (exact) mass is 176 g/mol. The maximum absolute atomic E-state index is 5.70. The lowest BCUT2D eigenvalue weighted by Gasteiger charge is -2.03. The van der Waals surface area contributed by atoms with Crippen molar-refractivity contribution in [3.8, 4) is 0 Å². The van der Waals surface area contributed by atoms with E-state index in [0.29, 0.717) is 0 Å². The second-order valence-electron chi connectivity index (χ2n) is 3.34. The minimum absolute atomic E-state index is 0.181. The van der Waals surface area contributed by atoms with Gasteiger partial charge in [-0.25, -0.2) is 4.98 Å². The van der Waals surface area contributed by atoms with Crippen molar-refractivity contribution in [2.45, 2.75) is 19.4 Å². The molecular weight excluding hydrogens is 164 g/mol. The molecule has 0 aliphatic heterocycles. The molecule has 0 bridgehead atoms. The summed E-state index contributed by atoms with van der Waals surface area (Å²) in [5.74, 6) is 0. The first-order chi connectivity index (χ1) is 6.25. The third-order valence-electron chi connectivity index (χ3n) is 1.95. The van der Waals surface area contributed by atoms with E-state index in [9.17, 15) is 0 Å². The van der Waals surface area contributed by atoms with Crippen molar-refractivity contribution >= 4 is 11.1 Å². The van der Waals surface area contributed by atoms with E-state index in [1.807, 2.05) is 25.1 Å². The highest BCUT2D eigenvalue weighted by Gasteiger charge is 2.01. The Labute approximate surface area is 76.6 Å². The minimum Gasteiger partial charge on any atom is -0.443 e. The van der Waals surface area contributed by atoms with Gasteiger partial charge < -0.3 is 10.2 Å². The van der Waals surface area contributed by atoms with Crippen molar-refractivity contribution < 1.29 is 4.42 Å². The van der Waals surface area contributed by atoms with E-state index in [1.54, 1.807) is 0 Å². The van der Waals surface area contributed by atoms with E-state index < -0.39 is 0 Å². The van der Waals surface area contributed by atoms with Gasteiger partial charge in [-0.3, -0.25) is 0 Å². The average molecular weight is 176 g/mol. The van der Waals surface area contributed by atoms with Crippen molar-refractivity contribution in [2.24, 2.45) is 5.73 Å². The van der Waals surface area contributed by atoms with Gasteiger partial charge in [0.1, 0.15) is 5.52 Å². The van der Waals surface area contributed by atoms with Gasteiger partial charge in [-0.2, -0.15) is 0 Å². The molecule has 68 valence electrons. The van der Waals surface area contributed by atoms with E-state index in [1.165, 1.54) is 12.0 Å². The molecule has 0 radical (unpaired) electrons. The molecule has 13 heavy (non-hydrogen) atoms. The highest BCUT2D eigenvalue weighted by Crippen LogP contribution is 2.14. The summed E-state index contributed by atoms with van der Waals surface area (Å²) in [6, 6.07) is 6.16. The fourth-order valence-corrected chi connectivity index (χ4v) is 1.40. The summed E-state index contributed by atoms with van der Waals surface area (Å²) in [6.07, 6.45) is 2.33. The number of fused-ring (bicyclic) bond motifs is 1. The molecule has 0 saturated heterocycles. The van der Waals surface area contributed by atoms with Crippen LogP contribution < -0.4 is 5.73 Å². The summed E-state index contributed by atoms with van der Waals surface area (Å²) in [5, 5.41) is 0. The molecule has 3 nitrogen and oxygen atoms in total. The summed E-state index contributed by atoms with van der Waals surface area (Å²) >= 11 is 0. The van der Waals surface area contributed by atoms with Crippen LogP contribution in [0.2, 0.25) is 0 Å². The predicted octanol–water partition coefficient (Wildman–Crippen LogP) is 1.72. The molecule has 1 unspecified atom stereocenters. The molecule has 3 heteroatoms. The molecule has 1 aromatic heterocycles. The van der Waals surface area contributed by atoms with Crippen molar-refractivity contribution in [2.75, 3.05) is 0 Å². The molecule has 0 amide bonds. The molecule has 2 aromatic rings. The van der Waals surface area contributed by atoms with Crippen LogP contribution in [0.15, 0.2) is 29.0 Å². The van der Waals surface area contributed by atoms with Crippen LogP contribution in [0.5, 0.6) is 0 Å². The van der Waals surface area contributed by atoms with Crippen LogP contribution in [0, 0.1) is 0 Å². The lowest BCUT2D eigenvalue weighted by atomic mass is 10.1. The number of benzene rings is 1. The van der Waals surface area contributed by atoms with Crippen LogP contribution in [0.4, 0.5) is 0 Å². The third kappa shape index (κ3) is 1.70. The highest BCUT2D eigenvalue weighted by molar-refractivity contribution is 5.72. The van der Waals surface area contributed by atoms with Crippen molar-refractivity contribution in [1.82, 2.24) is 4.98 Å². The molecule has 0 spiro atoms. The molecular formula is C10H12N2O. The number of hydrogen-bond acceptors (Lipinski definition) is 3. The summed E-state index contributed by atoms with van der Waals surface area (Å²) in [5.41, 5.74) is 8.62. The normalized spacial score (nSPS) is 13.4. The van der Waals surface area contributed by atoms with Crippen LogP contribution in [0.3, 0.4) is 0 Å². The van der Waals surface area contributed by atoms with E-state index in [2.05, 4.69) is 4.98 Å². The largest absolute Gasteiger partial charge is 0.443 e. The number of nitrogens with zero attached hydrogens (tertiary/aromatic N) is 1. The Morgan fingerprint density at radius 1 is 1.54 bits per heavy atom. The number of nitrogens with two attached hydrogens (primary N) is 1. The van der Waals surface area contributed by atoms with E-state index in [0.717, 1.165) is 17.5 Å². The molecule has 1 atom stereocenters. The van der Waals surface area contributed by atoms with Crippen LogP contribution >= 0.6 is 0 Å². The van der Waals surface area contributed by atoms with Crippen molar-refractivity contribution in [1.29, 1.82) is 0 Å². The second-order valence-corrected chi connectivity index (χ2v) is 3.34. The smallest absolute Gasteiger partial charge is 0.181 e. The lowest BCUT2D eigenvalue weighted by molar-refractivity contribution is 0.601. The number of rotatable bonds is 2. The minimum atomic E-state index is 0.181. The lowest BCUT2D eigenvalue weighted by Crippen LogP contribution is -2.17. The molecule has 2 N–H and O–H groups in total. The van der Waals surface area contributed by atoms with Gasteiger partial charge in [0.2, 0.25) is 0 Å². The van der Waals surface area contributed by atoms with Gasteiger partial charge in [-0.1, -0.05) is 6.07 Å². The standard InChI is InChI=1S/C10H12N2O/c1-7(11)4-8-2-3-9-10(5-8)13-6-12-9/h2-3,5-7H,4,11H2,1H3. The van der Waals surface area contributed by atoms with Crippen molar-refractivity contribution in [3.05, 3.63) is 30.2 Å². The second kappa shape index (κ2) is 3.18. The Morgan fingerprint density at radius 2 is 2.38 bits per heavy atom. The third-order valence-corrected chi connectivity index (χ3v) is 1.95. The Bertz CT molecular complexity index is 406. The average Bonchev–Trinajstić information content (AvgIpc) is 2.49. The van der Waals surface area contributed by atoms with Gasteiger partial charge in [0.25, 0.3) is 0 Å². The summed E-state index contributed by atoms with van der Waals surface area (Å²) in [7, 11) is 0. The number of hydrogen-bond donors (Lipinski definition) is 1. The number of oxazole rings is 1. The molecule has 0 fully saturated rings. The Balaban J connectivity index is 2.37. The van der Waals surface area contributed by atoms with Gasteiger partial charge in [-0.15, -0.1) is 0 Å². The summed E-state index contributed by atoms with van der Waals surface area (Å²) < 4.78 is 5.19. The van der Waals surface area contributed by atoms with E-state index in [-0.39, 0.29) is 6.04 Å². The fourth-order valence-electron chi connectivity index (χ4n) is 1.40. The molecule has 0 aliphatic rings. The van der Waals surface area contributed by atoms with Crippen LogP contribution in [0.1, 0.15) is 12.5 Å². The van der Waals surface area contributed by atoms with E-state index in [4.69, 9.17) is 10.2 Å². The predicted molar refractivity (Wildman–Crippen MR) is 51.4 cm³/mol. The SMILES string of the molecule is CC(N)Cc1ccc2ncoc2c1. The van der Waals surface area contributed by atoms with Crippen LogP contribution in [-0.4, -0.2) is 11.0 Å². The Morgan fingerprint density at radius 3 is 3.15 bits per heavy atom. The van der Waals surface area contributed by atoms with Crippen LogP contribution in [-0.2, 0) is 6.42 Å². The first-order valence-corrected chi connectivity index (χ1v) is 4.33. The van der Waals surface area contributed by atoms with Gasteiger partial charge in [0, 0.05) is 6.04 Å². The summed E-state index contributed by atoms with van der Waals surface area (Å²) in [4.78, 5) is 4.04. The van der Waals surface area contributed by atoms with Gasteiger partial charge >= 0.3 is 0 Å². The summed E-state index contributed by atoms with van der Waals surface area (Å²) in [6.45, 7) is 1.99. The highest BCUT2D eigenvalue weighted by atomic mass is 16.3. The Hall–Kier alpha value is -1.35. The van der Waals surface area contributed by atoms with Gasteiger partial charge in [0.15, 0.2) is 12.0 Å². The first kappa shape index (κ1) is 8.26. The van der Waals surface area contributed by atoms with Crippen LogP contribution in [0.25, 0.3) is 11.1 Å². The Kier molecular flexibility index (Phi) is 2.02. The van der Waals surface area contributed by atoms with Gasteiger partial charge in [-0.05, 0) is 31.0 Å². The number of aromatic nitrogens is 1.